The van der Waals surface area contributed by atoms with Crippen LogP contribution in [0, 0.1) is 0 Å². The Morgan fingerprint density at radius 2 is 1.26 bits per heavy atom. The van der Waals surface area contributed by atoms with Crippen molar-refractivity contribution in [3.05, 3.63) is 60.2 Å². The number of hydrogen-bond donors (Lipinski definition) is 0. The van der Waals surface area contributed by atoms with Gasteiger partial charge in [0.1, 0.15) is 5.75 Å². The first kappa shape index (κ1) is 23.6. The Balaban J connectivity index is 1.70. The summed E-state index contributed by atoms with van der Waals surface area (Å²) in [5.74, 6) is 0.930. The van der Waals surface area contributed by atoms with Crippen LogP contribution in [0.1, 0.15) is 19.4 Å². The highest BCUT2D eigenvalue weighted by atomic mass is 16.5. The third-order valence-corrected chi connectivity index (χ3v) is 6.40. The van der Waals surface area contributed by atoms with E-state index in [9.17, 15) is 0 Å². The molecule has 0 aliphatic carbocycles. The lowest BCUT2D eigenvalue weighted by molar-refractivity contribution is 0.172. The lowest BCUT2D eigenvalue weighted by Gasteiger charge is -2.34. The summed E-state index contributed by atoms with van der Waals surface area (Å²) in [6.07, 6.45) is 0. The maximum Gasteiger partial charge on any atom is 0.120 e. The van der Waals surface area contributed by atoms with Crippen LogP contribution < -0.4 is 9.64 Å². The van der Waals surface area contributed by atoms with Crippen LogP contribution in [0.4, 0.5) is 5.69 Å². The number of ether oxygens (including phenoxy) is 1. The van der Waals surface area contributed by atoms with Crippen molar-refractivity contribution in [2.45, 2.75) is 20.4 Å². The van der Waals surface area contributed by atoms with E-state index < -0.39 is 0 Å². The molecule has 170 valence electrons. The van der Waals surface area contributed by atoms with Crippen molar-refractivity contribution in [3.63, 3.8) is 0 Å². The quantitative estimate of drug-likeness (QED) is 0.704. The molecule has 5 heteroatoms. The van der Waals surface area contributed by atoms with Crippen molar-refractivity contribution in [2.75, 3.05) is 77.5 Å². The predicted octanol–water partition coefficient (Wildman–Crippen LogP) is 3.66. The Kier molecular flexibility index (Phi) is 9.66. The standard InChI is InChI=1S/C26H40N4O/c1-4-27-14-16-29(23-24-10-7-6-8-11-24)17-15-28(5-2)19-21-30(20-18-27)25-12-9-13-26(22-25)31-3/h6-13,22H,4-5,14-21,23H2,1-3H3. The Morgan fingerprint density at radius 3 is 1.84 bits per heavy atom. The van der Waals surface area contributed by atoms with Gasteiger partial charge in [-0.25, -0.2) is 0 Å². The zero-order valence-corrected chi connectivity index (χ0v) is 19.7. The lowest BCUT2D eigenvalue weighted by atomic mass is 10.2. The van der Waals surface area contributed by atoms with E-state index in [0.29, 0.717) is 0 Å². The summed E-state index contributed by atoms with van der Waals surface area (Å²) in [6.45, 7) is 16.5. The fourth-order valence-electron chi connectivity index (χ4n) is 4.23. The highest BCUT2D eigenvalue weighted by Crippen LogP contribution is 2.21. The summed E-state index contributed by atoms with van der Waals surface area (Å²) < 4.78 is 5.48. The molecule has 1 aliphatic rings. The fourth-order valence-corrected chi connectivity index (χ4v) is 4.23. The molecular weight excluding hydrogens is 384 g/mol. The molecule has 1 heterocycles. The van der Waals surface area contributed by atoms with E-state index in [0.717, 1.165) is 77.7 Å². The highest BCUT2D eigenvalue weighted by molar-refractivity contribution is 5.50. The molecule has 5 nitrogen and oxygen atoms in total. The Labute approximate surface area is 189 Å². The zero-order valence-electron chi connectivity index (χ0n) is 19.7. The van der Waals surface area contributed by atoms with Crippen LogP contribution in [0.25, 0.3) is 0 Å². The lowest BCUT2D eigenvalue weighted by Crippen LogP contribution is -2.45. The number of hydrogen-bond acceptors (Lipinski definition) is 5. The molecule has 0 amide bonds. The summed E-state index contributed by atoms with van der Waals surface area (Å²) in [4.78, 5) is 10.3. The minimum absolute atomic E-state index is 0.930. The second-order valence-electron chi connectivity index (χ2n) is 8.32. The summed E-state index contributed by atoms with van der Waals surface area (Å²) in [6, 6.07) is 19.4. The second kappa shape index (κ2) is 12.7. The van der Waals surface area contributed by atoms with Crippen molar-refractivity contribution in [1.29, 1.82) is 0 Å². The number of rotatable bonds is 6. The third-order valence-electron chi connectivity index (χ3n) is 6.40. The van der Waals surface area contributed by atoms with E-state index in [1.54, 1.807) is 7.11 Å². The van der Waals surface area contributed by atoms with Gasteiger partial charge in [-0.05, 0) is 30.8 Å². The normalized spacial score (nSPS) is 18.4. The van der Waals surface area contributed by atoms with E-state index in [-0.39, 0.29) is 0 Å². The molecule has 0 N–H and O–H groups in total. The minimum Gasteiger partial charge on any atom is -0.497 e. The molecule has 3 rings (SSSR count). The average molecular weight is 425 g/mol. The molecule has 0 bridgehead atoms. The average Bonchev–Trinajstić information content (AvgIpc) is 2.82. The molecule has 0 atom stereocenters. The van der Waals surface area contributed by atoms with Crippen LogP contribution >= 0.6 is 0 Å². The maximum atomic E-state index is 5.48. The molecule has 1 aliphatic heterocycles. The molecule has 1 saturated heterocycles. The number of nitrogens with zero attached hydrogens (tertiary/aromatic N) is 4. The van der Waals surface area contributed by atoms with Gasteiger partial charge in [-0.2, -0.15) is 0 Å². The van der Waals surface area contributed by atoms with Crippen LogP contribution in [0.5, 0.6) is 5.75 Å². The summed E-state index contributed by atoms with van der Waals surface area (Å²) in [5, 5.41) is 0. The van der Waals surface area contributed by atoms with E-state index in [1.165, 1.54) is 11.3 Å². The fraction of sp³-hybridized carbons (Fsp3) is 0.538. The first-order chi connectivity index (χ1) is 15.2. The third kappa shape index (κ3) is 7.53. The summed E-state index contributed by atoms with van der Waals surface area (Å²) in [5.41, 5.74) is 2.67. The van der Waals surface area contributed by atoms with Gasteiger partial charge >= 0.3 is 0 Å². The van der Waals surface area contributed by atoms with Crippen molar-refractivity contribution in [2.24, 2.45) is 0 Å². The first-order valence-electron chi connectivity index (χ1n) is 11.8. The van der Waals surface area contributed by atoms with Gasteiger partial charge in [0, 0.05) is 70.7 Å². The van der Waals surface area contributed by atoms with E-state index in [2.05, 4.69) is 82.0 Å². The van der Waals surface area contributed by atoms with Crippen LogP contribution in [0.3, 0.4) is 0 Å². The van der Waals surface area contributed by atoms with Crippen molar-refractivity contribution >= 4 is 5.69 Å². The molecule has 1 fully saturated rings. The number of benzene rings is 2. The van der Waals surface area contributed by atoms with Crippen LogP contribution in [-0.2, 0) is 6.54 Å². The minimum atomic E-state index is 0.930. The first-order valence-corrected chi connectivity index (χ1v) is 11.8. The molecule has 0 saturated carbocycles. The largest absolute Gasteiger partial charge is 0.497 e. The van der Waals surface area contributed by atoms with Crippen molar-refractivity contribution in [3.8, 4) is 5.75 Å². The van der Waals surface area contributed by atoms with Gasteiger partial charge in [-0.3, -0.25) is 4.90 Å². The van der Waals surface area contributed by atoms with Crippen LogP contribution in [0.2, 0.25) is 0 Å². The van der Waals surface area contributed by atoms with E-state index >= 15 is 0 Å². The van der Waals surface area contributed by atoms with Gasteiger partial charge in [0.2, 0.25) is 0 Å². The highest BCUT2D eigenvalue weighted by Gasteiger charge is 2.16. The number of likely N-dealkylation sites (N-methyl/N-ethyl adjacent to an activating group) is 2. The van der Waals surface area contributed by atoms with Gasteiger partial charge in [0.15, 0.2) is 0 Å². The molecule has 0 spiro atoms. The van der Waals surface area contributed by atoms with Crippen LogP contribution in [-0.4, -0.2) is 87.3 Å². The predicted molar refractivity (Wildman–Crippen MR) is 131 cm³/mol. The molecule has 2 aromatic carbocycles. The second-order valence-corrected chi connectivity index (χ2v) is 8.32. The molecule has 2 aromatic rings. The van der Waals surface area contributed by atoms with Gasteiger partial charge in [-0.15, -0.1) is 0 Å². The molecule has 0 aromatic heterocycles. The Bertz CT molecular complexity index is 734. The van der Waals surface area contributed by atoms with Gasteiger partial charge in [-0.1, -0.05) is 50.2 Å². The summed E-state index contributed by atoms with van der Waals surface area (Å²) >= 11 is 0. The molecule has 31 heavy (non-hydrogen) atoms. The maximum absolute atomic E-state index is 5.48. The Morgan fingerprint density at radius 1 is 0.677 bits per heavy atom. The smallest absolute Gasteiger partial charge is 0.120 e. The van der Waals surface area contributed by atoms with E-state index in [1.807, 2.05) is 6.07 Å². The molecule has 0 radical (unpaired) electrons. The van der Waals surface area contributed by atoms with Gasteiger partial charge < -0.3 is 19.4 Å². The van der Waals surface area contributed by atoms with Gasteiger partial charge in [0.05, 0.1) is 7.11 Å². The Hall–Kier alpha value is -2.08. The SMILES string of the molecule is CCN1CCN(Cc2ccccc2)CCN(CC)CCN(c2cccc(OC)c2)CC1. The number of methoxy groups -OCH3 is 1. The molecular formula is C26H40N4O. The van der Waals surface area contributed by atoms with Crippen molar-refractivity contribution in [1.82, 2.24) is 14.7 Å². The zero-order chi connectivity index (χ0) is 21.9. The monoisotopic (exact) mass is 424 g/mol. The van der Waals surface area contributed by atoms with Crippen LogP contribution in [0.15, 0.2) is 54.6 Å². The topological polar surface area (TPSA) is 22.2 Å². The van der Waals surface area contributed by atoms with E-state index in [4.69, 9.17) is 4.74 Å². The van der Waals surface area contributed by atoms with Gasteiger partial charge in [0.25, 0.3) is 0 Å². The summed E-state index contributed by atoms with van der Waals surface area (Å²) in [7, 11) is 1.74. The van der Waals surface area contributed by atoms with Crippen molar-refractivity contribution < 1.29 is 4.74 Å². The molecule has 0 unspecified atom stereocenters. The number of anilines is 1.